The molecule has 0 amide bonds. The second-order valence-corrected chi connectivity index (χ2v) is 6.62. The highest BCUT2D eigenvalue weighted by molar-refractivity contribution is 6.08. The van der Waals surface area contributed by atoms with Crippen molar-refractivity contribution in [3.8, 4) is 5.75 Å². The van der Waals surface area contributed by atoms with Gasteiger partial charge in [0.15, 0.2) is 5.78 Å². The van der Waals surface area contributed by atoms with E-state index >= 15 is 0 Å². The van der Waals surface area contributed by atoms with Crippen LogP contribution in [0.3, 0.4) is 0 Å². The number of aryl methyl sites for hydroxylation is 1. The van der Waals surface area contributed by atoms with Crippen molar-refractivity contribution in [2.75, 3.05) is 0 Å². The molecular weight excluding hydrogens is 348 g/mol. The Labute approximate surface area is 163 Å². The number of hydrogen-bond acceptors (Lipinski definition) is 3. The highest BCUT2D eigenvalue weighted by Gasteiger charge is 2.05. The Morgan fingerprint density at radius 1 is 0.929 bits per heavy atom. The second-order valence-electron chi connectivity index (χ2n) is 6.62. The van der Waals surface area contributed by atoms with E-state index < -0.39 is 0 Å². The molecule has 3 aromatic carbocycles. The largest absolute Gasteiger partial charge is 0.485 e. The number of ether oxygens (including phenoxy) is 1. The summed E-state index contributed by atoms with van der Waals surface area (Å²) in [5, 5.41) is 2.17. The Hall–Kier alpha value is -3.59. The molecule has 0 aliphatic carbocycles. The van der Waals surface area contributed by atoms with Crippen LogP contribution < -0.4 is 4.74 Å². The van der Waals surface area contributed by atoms with E-state index in [4.69, 9.17) is 9.15 Å². The van der Waals surface area contributed by atoms with Crippen molar-refractivity contribution in [1.29, 1.82) is 0 Å². The van der Waals surface area contributed by atoms with Gasteiger partial charge in [0.05, 0.1) is 0 Å². The van der Waals surface area contributed by atoms with Crippen molar-refractivity contribution in [2.45, 2.75) is 13.5 Å². The van der Waals surface area contributed by atoms with Gasteiger partial charge < -0.3 is 9.15 Å². The van der Waals surface area contributed by atoms with E-state index in [1.807, 2.05) is 85.8 Å². The van der Waals surface area contributed by atoms with Crippen LogP contribution in [0, 0.1) is 6.92 Å². The predicted molar refractivity (Wildman–Crippen MR) is 112 cm³/mol. The molecule has 0 aliphatic rings. The summed E-state index contributed by atoms with van der Waals surface area (Å²) < 4.78 is 11.5. The zero-order chi connectivity index (χ0) is 19.3. The standard InChI is InChI=1S/C25H20O3/c1-18-6-2-5-9-25(18)27-17-23-13-12-22(28-23)14-15-24(26)21-11-10-19-7-3-4-8-20(19)16-21/h2-16H,17H2,1H3/b15-14+. The van der Waals surface area contributed by atoms with E-state index in [-0.39, 0.29) is 5.78 Å². The van der Waals surface area contributed by atoms with Gasteiger partial charge >= 0.3 is 0 Å². The fraction of sp³-hybridized carbons (Fsp3) is 0.0800. The number of carbonyl (C=O) groups is 1. The van der Waals surface area contributed by atoms with Gasteiger partial charge in [-0.3, -0.25) is 4.79 Å². The lowest BCUT2D eigenvalue weighted by atomic mass is 10.0. The van der Waals surface area contributed by atoms with Gasteiger partial charge in [0.1, 0.15) is 23.9 Å². The Morgan fingerprint density at radius 3 is 2.57 bits per heavy atom. The first-order valence-electron chi connectivity index (χ1n) is 9.17. The SMILES string of the molecule is Cc1ccccc1OCc1ccc(/C=C/C(=O)c2ccc3ccccc3c2)o1. The van der Waals surface area contributed by atoms with E-state index in [2.05, 4.69) is 0 Å². The molecule has 3 nitrogen and oxygen atoms in total. The molecule has 0 N–H and O–H groups in total. The quantitative estimate of drug-likeness (QED) is 0.300. The molecule has 1 heterocycles. The lowest BCUT2D eigenvalue weighted by molar-refractivity contribution is 0.104. The molecule has 0 bridgehead atoms. The topological polar surface area (TPSA) is 39.4 Å². The lowest BCUT2D eigenvalue weighted by Crippen LogP contribution is -1.95. The third-order valence-electron chi connectivity index (χ3n) is 4.58. The molecule has 0 fully saturated rings. The minimum atomic E-state index is -0.0557. The first kappa shape index (κ1) is 17.8. The average molecular weight is 368 g/mol. The molecule has 0 unspecified atom stereocenters. The van der Waals surface area contributed by atoms with Gasteiger partial charge in [-0.1, -0.05) is 54.6 Å². The van der Waals surface area contributed by atoms with Crippen LogP contribution in [0.2, 0.25) is 0 Å². The van der Waals surface area contributed by atoms with E-state index in [9.17, 15) is 4.79 Å². The van der Waals surface area contributed by atoms with Gasteiger partial charge in [-0.05, 0) is 59.7 Å². The summed E-state index contributed by atoms with van der Waals surface area (Å²) in [5.41, 5.74) is 1.74. The third-order valence-corrected chi connectivity index (χ3v) is 4.58. The summed E-state index contributed by atoms with van der Waals surface area (Å²) in [6, 6.07) is 25.3. The number of allylic oxidation sites excluding steroid dienone is 1. The highest BCUT2D eigenvalue weighted by atomic mass is 16.5. The van der Waals surface area contributed by atoms with Crippen molar-refractivity contribution < 1.29 is 13.9 Å². The number of carbonyl (C=O) groups excluding carboxylic acids is 1. The maximum Gasteiger partial charge on any atom is 0.185 e. The number of hydrogen-bond donors (Lipinski definition) is 0. The molecule has 0 saturated heterocycles. The zero-order valence-electron chi connectivity index (χ0n) is 15.6. The van der Waals surface area contributed by atoms with Gasteiger partial charge in [-0.2, -0.15) is 0 Å². The summed E-state index contributed by atoms with van der Waals surface area (Å²) >= 11 is 0. The minimum absolute atomic E-state index is 0.0557. The zero-order valence-corrected chi connectivity index (χ0v) is 15.6. The van der Waals surface area contributed by atoms with Crippen molar-refractivity contribution in [1.82, 2.24) is 0 Å². The van der Waals surface area contributed by atoms with E-state index in [1.54, 1.807) is 6.08 Å². The lowest BCUT2D eigenvalue weighted by Gasteiger charge is -2.06. The summed E-state index contributed by atoms with van der Waals surface area (Å²) in [6.45, 7) is 2.35. The van der Waals surface area contributed by atoms with Crippen LogP contribution in [0.15, 0.2) is 89.4 Å². The normalized spacial score (nSPS) is 11.2. The molecule has 28 heavy (non-hydrogen) atoms. The fourth-order valence-electron chi connectivity index (χ4n) is 3.03. The Bertz CT molecular complexity index is 1150. The highest BCUT2D eigenvalue weighted by Crippen LogP contribution is 2.20. The van der Waals surface area contributed by atoms with E-state index in [0.717, 1.165) is 22.1 Å². The van der Waals surface area contributed by atoms with Gasteiger partial charge in [0.25, 0.3) is 0 Å². The average Bonchev–Trinajstić information content (AvgIpc) is 3.19. The first-order valence-corrected chi connectivity index (χ1v) is 9.17. The molecule has 1 aromatic heterocycles. The Balaban J connectivity index is 1.41. The second kappa shape index (κ2) is 7.97. The maximum atomic E-state index is 12.5. The van der Waals surface area contributed by atoms with Crippen LogP contribution in [-0.4, -0.2) is 5.78 Å². The van der Waals surface area contributed by atoms with Crippen LogP contribution in [0.25, 0.3) is 16.8 Å². The van der Waals surface area contributed by atoms with Crippen molar-refractivity contribution in [3.05, 3.63) is 108 Å². The summed E-state index contributed by atoms with van der Waals surface area (Å²) in [7, 11) is 0. The molecule has 3 heteroatoms. The first-order chi connectivity index (χ1) is 13.7. The van der Waals surface area contributed by atoms with Crippen LogP contribution in [-0.2, 0) is 6.61 Å². The van der Waals surface area contributed by atoms with Crippen LogP contribution in [0.5, 0.6) is 5.75 Å². The number of para-hydroxylation sites is 1. The van der Waals surface area contributed by atoms with Crippen molar-refractivity contribution >= 4 is 22.6 Å². The van der Waals surface area contributed by atoms with Crippen molar-refractivity contribution in [3.63, 3.8) is 0 Å². The van der Waals surface area contributed by atoms with Crippen LogP contribution in [0.4, 0.5) is 0 Å². The summed E-state index contributed by atoms with van der Waals surface area (Å²) in [6.07, 6.45) is 3.23. The van der Waals surface area contributed by atoms with E-state index in [0.29, 0.717) is 23.7 Å². The predicted octanol–water partition coefficient (Wildman–Crippen LogP) is 6.22. The van der Waals surface area contributed by atoms with Gasteiger partial charge in [-0.15, -0.1) is 0 Å². The van der Waals surface area contributed by atoms with Gasteiger partial charge in [0.2, 0.25) is 0 Å². The monoisotopic (exact) mass is 368 g/mol. The Morgan fingerprint density at radius 2 is 1.71 bits per heavy atom. The van der Waals surface area contributed by atoms with Gasteiger partial charge in [-0.25, -0.2) is 0 Å². The number of ketones is 1. The number of rotatable bonds is 6. The van der Waals surface area contributed by atoms with Gasteiger partial charge in [0, 0.05) is 5.56 Å². The van der Waals surface area contributed by atoms with Crippen LogP contribution >= 0.6 is 0 Å². The molecule has 4 aromatic rings. The molecular formula is C25H20O3. The summed E-state index contributed by atoms with van der Waals surface area (Å²) in [4.78, 5) is 12.5. The molecule has 0 atom stereocenters. The van der Waals surface area contributed by atoms with Crippen LogP contribution in [0.1, 0.15) is 27.4 Å². The fourth-order valence-corrected chi connectivity index (χ4v) is 3.03. The summed E-state index contributed by atoms with van der Waals surface area (Å²) in [5.74, 6) is 2.11. The number of benzene rings is 3. The van der Waals surface area contributed by atoms with E-state index in [1.165, 1.54) is 6.08 Å². The molecule has 0 radical (unpaired) electrons. The maximum absolute atomic E-state index is 12.5. The van der Waals surface area contributed by atoms with Crippen molar-refractivity contribution in [2.24, 2.45) is 0 Å². The molecule has 138 valence electrons. The minimum Gasteiger partial charge on any atom is -0.485 e. The molecule has 0 spiro atoms. The Kier molecular flexibility index (Phi) is 5.07. The number of furan rings is 1. The smallest absolute Gasteiger partial charge is 0.185 e. The molecule has 4 rings (SSSR count). The molecule has 0 aliphatic heterocycles. The molecule has 0 saturated carbocycles. The number of fused-ring (bicyclic) bond motifs is 1. The third kappa shape index (κ3) is 4.04.